The predicted octanol–water partition coefficient (Wildman–Crippen LogP) is 1.73. The van der Waals surface area contributed by atoms with E-state index in [9.17, 15) is 9.50 Å². The highest BCUT2D eigenvalue weighted by atomic mass is 19.1. The van der Waals surface area contributed by atoms with Crippen molar-refractivity contribution in [2.45, 2.75) is 18.8 Å². The monoisotopic (exact) mass is 404 g/mol. The van der Waals surface area contributed by atoms with Crippen LogP contribution < -0.4 is 15.1 Å². The number of anilines is 3. The van der Waals surface area contributed by atoms with Crippen molar-refractivity contribution in [1.82, 2.24) is 19.9 Å². The fourth-order valence-corrected chi connectivity index (χ4v) is 3.95. The number of nitrogens with zero attached hydrogens (tertiary/aromatic N) is 7. The average Bonchev–Trinajstić information content (AvgIpc) is 3.18. The van der Waals surface area contributed by atoms with Crippen molar-refractivity contribution in [2.75, 3.05) is 28.2 Å². The van der Waals surface area contributed by atoms with E-state index in [-0.39, 0.29) is 11.7 Å². The third kappa shape index (κ3) is 3.05. The smallest absolute Gasteiger partial charge is 0.208 e. The van der Waals surface area contributed by atoms with Crippen LogP contribution in [0.1, 0.15) is 12.1 Å². The Morgan fingerprint density at radius 2 is 2.17 bits per heavy atom. The van der Waals surface area contributed by atoms with Crippen LogP contribution in [0.2, 0.25) is 0 Å². The van der Waals surface area contributed by atoms with Gasteiger partial charge in [0.2, 0.25) is 6.35 Å². The predicted molar refractivity (Wildman–Crippen MR) is 107 cm³/mol. The summed E-state index contributed by atoms with van der Waals surface area (Å²) in [5.41, 5.74) is 1.60. The maximum atomic E-state index is 14.1. The van der Waals surface area contributed by atoms with Gasteiger partial charge in [-0.05, 0) is 24.6 Å². The molecule has 5 rings (SSSR count). The van der Waals surface area contributed by atoms with Crippen molar-refractivity contribution < 1.29 is 9.50 Å². The van der Waals surface area contributed by atoms with Crippen LogP contribution in [0.15, 0.2) is 43.0 Å². The van der Waals surface area contributed by atoms with Gasteiger partial charge in [-0.1, -0.05) is 0 Å². The Morgan fingerprint density at radius 3 is 2.93 bits per heavy atom. The van der Waals surface area contributed by atoms with E-state index >= 15 is 0 Å². The number of fused-ring (bicyclic) bond motifs is 4. The normalized spacial score (nSPS) is 18.0. The van der Waals surface area contributed by atoms with Crippen LogP contribution in [-0.4, -0.2) is 50.5 Å². The molecule has 2 aliphatic rings. The van der Waals surface area contributed by atoms with Crippen molar-refractivity contribution in [3.05, 3.63) is 54.5 Å². The molecule has 0 amide bonds. The number of pyridine rings is 2. The second-order valence-electron chi connectivity index (χ2n) is 7.11. The Labute approximate surface area is 171 Å². The summed E-state index contributed by atoms with van der Waals surface area (Å²) in [6.07, 6.45) is 5.86. The summed E-state index contributed by atoms with van der Waals surface area (Å²) in [6.45, 7) is 1.64. The zero-order valence-corrected chi connectivity index (χ0v) is 15.8. The average molecular weight is 404 g/mol. The number of hydrogen-bond donors (Lipinski definition) is 2. The summed E-state index contributed by atoms with van der Waals surface area (Å²) in [7, 11) is 0. The molecule has 2 bridgehead atoms. The molecular formula is C20H17FN8O. The number of halogens is 1. The Morgan fingerprint density at radius 1 is 1.27 bits per heavy atom. The fraction of sp³-hybridized carbons (Fsp3) is 0.250. The Balaban J connectivity index is 1.53. The summed E-state index contributed by atoms with van der Waals surface area (Å²) < 4.78 is 14.1. The quantitative estimate of drug-likeness (QED) is 0.628. The van der Waals surface area contributed by atoms with E-state index < -0.39 is 12.2 Å². The van der Waals surface area contributed by atoms with Crippen molar-refractivity contribution in [1.29, 1.82) is 5.26 Å². The molecule has 10 heteroatoms. The number of nitriles is 1. The molecule has 3 aromatic rings. The fourth-order valence-electron chi connectivity index (χ4n) is 3.95. The molecule has 2 aliphatic heterocycles. The Kier molecular flexibility index (Phi) is 4.37. The highest BCUT2D eigenvalue weighted by Gasteiger charge is 2.40. The number of aromatic nitrogens is 4. The molecule has 1 fully saturated rings. The third-order valence-electron chi connectivity index (χ3n) is 5.34. The van der Waals surface area contributed by atoms with Crippen LogP contribution in [0.5, 0.6) is 0 Å². The van der Waals surface area contributed by atoms with Gasteiger partial charge in [0, 0.05) is 37.2 Å². The lowest BCUT2D eigenvalue weighted by Crippen LogP contribution is -2.51. The SMILES string of the molecule is N#Cc1ncc(-c2ccc3c(n2)N(C(O)Nc2cnccn2)C2CCN3C2)cc1F. The minimum Gasteiger partial charge on any atom is -0.366 e. The highest BCUT2D eigenvalue weighted by molar-refractivity contribution is 5.76. The molecule has 0 spiro atoms. The van der Waals surface area contributed by atoms with Crippen molar-refractivity contribution in [2.24, 2.45) is 0 Å². The molecular weight excluding hydrogens is 387 g/mol. The molecule has 2 N–H and O–H groups in total. The number of aliphatic hydroxyl groups is 1. The van der Waals surface area contributed by atoms with Gasteiger partial charge in [-0.2, -0.15) is 5.26 Å². The molecule has 2 atom stereocenters. The number of hydrogen-bond acceptors (Lipinski definition) is 9. The summed E-state index contributed by atoms with van der Waals surface area (Å²) in [5, 5.41) is 22.8. The van der Waals surface area contributed by atoms with E-state index in [1.165, 1.54) is 18.5 Å². The molecule has 0 aliphatic carbocycles. The molecule has 5 heterocycles. The second-order valence-corrected chi connectivity index (χ2v) is 7.11. The van der Waals surface area contributed by atoms with E-state index in [2.05, 4.69) is 25.2 Å². The van der Waals surface area contributed by atoms with Gasteiger partial charge in [0.15, 0.2) is 17.3 Å². The van der Waals surface area contributed by atoms with Gasteiger partial charge in [-0.25, -0.2) is 19.3 Å². The molecule has 0 radical (unpaired) electrons. The van der Waals surface area contributed by atoms with Gasteiger partial charge in [-0.15, -0.1) is 0 Å². The van der Waals surface area contributed by atoms with Gasteiger partial charge >= 0.3 is 0 Å². The third-order valence-corrected chi connectivity index (χ3v) is 5.34. The second kappa shape index (κ2) is 7.20. The minimum atomic E-state index is -1.07. The van der Waals surface area contributed by atoms with E-state index in [1.807, 2.05) is 11.0 Å². The number of rotatable bonds is 4. The first-order valence-corrected chi connectivity index (χ1v) is 9.45. The maximum Gasteiger partial charge on any atom is 0.208 e. The molecule has 0 saturated carbocycles. The maximum absolute atomic E-state index is 14.1. The summed E-state index contributed by atoms with van der Waals surface area (Å²) >= 11 is 0. The van der Waals surface area contributed by atoms with E-state index in [1.54, 1.807) is 24.5 Å². The first-order valence-electron chi connectivity index (χ1n) is 9.45. The van der Waals surface area contributed by atoms with Gasteiger partial charge in [0.05, 0.1) is 23.6 Å². The Hall–Kier alpha value is -3.84. The molecule has 3 aromatic heterocycles. The van der Waals surface area contributed by atoms with Gasteiger partial charge in [0.25, 0.3) is 0 Å². The van der Waals surface area contributed by atoms with E-state index in [4.69, 9.17) is 10.2 Å². The minimum absolute atomic E-state index is 0.0650. The van der Waals surface area contributed by atoms with Crippen LogP contribution in [-0.2, 0) is 0 Å². The lowest BCUT2D eigenvalue weighted by Gasteiger charge is -2.40. The zero-order chi connectivity index (χ0) is 20.7. The van der Waals surface area contributed by atoms with Gasteiger partial charge in [-0.3, -0.25) is 4.98 Å². The highest BCUT2D eigenvalue weighted by Crippen LogP contribution is 2.40. The molecule has 2 unspecified atom stereocenters. The summed E-state index contributed by atoms with van der Waals surface area (Å²) in [5.74, 6) is 0.343. The van der Waals surface area contributed by atoms with Crippen molar-refractivity contribution in [3.8, 4) is 17.3 Å². The van der Waals surface area contributed by atoms with Crippen LogP contribution in [0.4, 0.5) is 21.7 Å². The van der Waals surface area contributed by atoms with Crippen LogP contribution in [0.3, 0.4) is 0 Å². The molecule has 1 saturated heterocycles. The molecule has 0 aromatic carbocycles. The van der Waals surface area contributed by atoms with E-state index in [0.717, 1.165) is 25.2 Å². The van der Waals surface area contributed by atoms with Gasteiger partial charge < -0.3 is 20.2 Å². The standard InChI is InChI=1S/C20H17FN8O/c21-14-7-12(9-25-16(14)8-22)15-1-2-17-19(26-15)29(13-3-6-28(17)11-13)20(30)27-18-10-23-4-5-24-18/h1-2,4-5,7,9-10,13,20,30H,3,6,11H2,(H,24,27). The first-order chi connectivity index (χ1) is 14.6. The summed E-state index contributed by atoms with van der Waals surface area (Å²) in [4.78, 5) is 20.8. The van der Waals surface area contributed by atoms with Crippen LogP contribution in [0, 0.1) is 17.1 Å². The lowest BCUT2D eigenvalue weighted by molar-refractivity contribution is 0.184. The molecule has 9 nitrogen and oxygen atoms in total. The van der Waals surface area contributed by atoms with Gasteiger partial charge in [0.1, 0.15) is 11.9 Å². The van der Waals surface area contributed by atoms with Crippen molar-refractivity contribution in [3.63, 3.8) is 0 Å². The largest absolute Gasteiger partial charge is 0.366 e. The first kappa shape index (κ1) is 18.2. The summed E-state index contributed by atoms with van der Waals surface area (Å²) in [6, 6.07) is 6.73. The molecule has 150 valence electrons. The number of aliphatic hydroxyl groups excluding tert-OH is 1. The number of nitrogens with one attached hydrogen (secondary N) is 1. The van der Waals surface area contributed by atoms with Crippen molar-refractivity contribution >= 4 is 17.3 Å². The lowest BCUT2D eigenvalue weighted by atomic mass is 10.1. The van der Waals surface area contributed by atoms with Crippen LogP contribution >= 0.6 is 0 Å². The zero-order valence-electron chi connectivity index (χ0n) is 15.8. The van der Waals surface area contributed by atoms with E-state index in [0.29, 0.717) is 22.9 Å². The Bertz CT molecular complexity index is 1140. The van der Waals surface area contributed by atoms with Crippen LogP contribution in [0.25, 0.3) is 11.3 Å². The topological polar surface area (TPSA) is 114 Å². The molecule has 30 heavy (non-hydrogen) atoms.